The highest BCUT2D eigenvalue weighted by atomic mass is 32.2. The summed E-state index contributed by atoms with van der Waals surface area (Å²) in [5.74, 6) is 0.341. The van der Waals surface area contributed by atoms with Crippen LogP contribution < -0.4 is 5.32 Å². The minimum atomic E-state index is -3.54. The topological polar surface area (TPSA) is 66.5 Å². The van der Waals surface area contributed by atoms with Crippen molar-refractivity contribution in [3.8, 4) is 0 Å². The van der Waals surface area contributed by atoms with Crippen LogP contribution in [0.3, 0.4) is 0 Å². The van der Waals surface area contributed by atoms with Crippen molar-refractivity contribution >= 4 is 15.9 Å². The van der Waals surface area contributed by atoms with E-state index in [-0.39, 0.29) is 16.8 Å². The zero-order chi connectivity index (χ0) is 19.4. The predicted molar refractivity (Wildman–Crippen MR) is 107 cm³/mol. The second kappa shape index (κ2) is 8.74. The third-order valence-corrected chi connectivity index (χ3v) is 8.14. The zero-order valence-corrected chi connectivity index (χ0v) is 17.4. The maximum Gasteiger partial charge on any atom is 0.251 e. The van der Waals surface area contributed by atoms with Crippen molar-refractivity contribution in [3.63, 3.8) is 0 Å². The molecule has 1 heterocycles. The number of carbonyl (C=O) groups excluding carboxylic acids is 1. The first kappa shape index (κ1) is 20.3. The van der Waals surface area contributed by atoms with Crippen molar-refractivity contribution in [2.24, 2.45) is 5.92 Å². The Balaban J connectivity index is 1.76. The second-order valence-electron chi connectivity index (χ2n) is 8.11. The molecule has 150 valence electrons. The van der Waals surface area contributed by atoms with E-state index in [4.69, 9.17) is 0 Å². The molecule has 0 spiro atoms. The van der Waals surface area contributed by atoms with E-state index in [1.165, 1.54) is 19.3 Å². The summed E-state index contributed by atoms with van der Waals surface area (Å²) >= 11 is 0. The number of aryl methyl sites for hydroxylation is 1. The fourth-order valence-electron chi connectivity index (χ4n) is 4.31. The molecule has 0 radical (unpaired) electrons. The molecule has 0 unspecified atom stereocenters. The van der Waals surface area contributed by atoms with Gasteiger partial charge < -0.3 is 5.32 Å². The van der Waals surface area contributed by atoms with Crippen LogP contribution in [0, 0.1) is 12.8 Å². The largest absolute Gasteiger partial charge is 0.349 e. The van der Waals surface area contributed by atoms with E-state index in [0.29, 0.717) is 30.1 Å². The van der Waals surface area contributed by atoms with Crippen molar-refractivity contribution < 1.29 is 13.2 Å². The third-order valence-electron chi connectivity index (χ3n) is 6.10. The van der Waals surface area contributed by atoms with Crippen LogP contribution in [0.2, 0.25) is 0 Å². The highest BCUT2D eigenvalue weighted by Crippen LogP contribution is 2.27. The average molecular weight is 393 g/mol. The van der Waals surface area contributed by atoms with Gasteiger partial charge in [-0.15, -0.1) is 0 Å². The number of sulfonamides is 1. The molecule has 1 N–H and O–H groups in total. The van der Waals surface area contributed by atoms with Crippen LogP contribution in [0.15, 0.2) is 23.1 Å². The Morgan fingerprint density at radius 2 is 1.70 bits per heavy atom. The first-order chi connectivity index (χ1) is 12.9. The molecule has 2 fully saturated rings. The van der Waals surface area contributed by atoms with Gasteiger partial charge in [0.05, 0.1) is 4.90 Å². The van der Waals surface area contributed by atoms with E-state index in [1.54, 1.807) is 29.4 Å². The number of carbonyl (C=O) groups is 1. The number of hydrogen-bond acceptors (Lipinski definition) is 3. The minimum absolute atomic E-state index is 0.112. The van der Waals surface area contributed by atoms with Gasteiger partial charge in [-0.1, -0.05) is 31.7 Å². The van der Waals surface area contributed by atoms with E-state index in [1.807, 2.05) is 0 Å². The molecule has 1 amide bonds. The summed E-state index contributed by atoms with van der Waals surface area (Å²) in [6.07, 6.45) is 8.93. The van der Waals surface area contributed by atoms with Crippen LogP contribution in [-0.4, -0.2) is 37.8 Å². The van der Waals surface area contributed by atoms with Crippen molar-refractivity contribution in [2.75, 3.05) is 13.1 Å². The first-order valence-electron chi connectivity index (χ1n) is 10.3. The Morgan fingerprint density at radius 3 is 2.37 bits per heavy atom. The highest BCUT2D eigenvalue weighted by Gasteiger charge is 2.28. The molecule has 1 atom stereocenters. The lowest BCUT2D eigenvalue weighted by Gasteiger charge is -2.28. The molecule has 1 aliphatic carbocycles. The highest BCUT2D eigenvalue weighted by molar-refractivity contribution is 7.89. The van der Waals surface area contributed by atoms with E-state index >= 15 is 0 Å². The van der Waals surface area contributed by atoms with Gasteiger partial charge in [-0.2, -0.15) is 4.31 Å². The van der Waals surface area contributed by atoms with Crippen LogP contribution in [0.4, 0.5) is 0 Å². The van der Waals surface area contributed by atoms with E-state index in [2.05, 4.69) is 12.2 Å². The van der Waals surface area contributed by atoms with Crippen LogP contribution in [-0.2, 0) is 10.0 Å². The van der Waals surface area contributed by atoms with Gasteiger partial charge in [0.15, 0.2) is 0 Å². The van der Waals surface area contributed by atoms with Gasteiger partial charge in [-0.3, -0.25) is 4.79 Å². The molecule has 27 heavy (non-hydrogen) atoms. The lowest BCUT2D eigenvalue weighted by Crippen LogP contribution is -2.39. The van der Waals surface area contributed by atoms with Crippen molar-refractivity contribution in [2.45, 2.75) is 76.2 Å². The molecule has 3 rings (SSSR count). The Morgan fingerprint density at radius 1 is 1.07 bits per heavy atom. The summed E-state index contributed by atoms with van der Waals surface area (Å²) in [6, 6.07) is 5.15. The van der Waals surface area contributed by atoms with Crippen LogP contribution in [0.5, 0.6) is 0 Å². The zero-order valence-electron chi connectivity index (χ0n) is 16.5. The molecule has 1 aromatic rings. The lowest BCUT2D eigenvalue weighted by molar-refractivity contribution is 0.0919. The quantitative estimate of drug-likeness (QED) is 0.827. The molecule has 6 heteroatoms. The Bertz CT molecular complexity index is 764. The fourth-order valence-corrected chi connectivity index (χ4v) is 6.07. The number of piperidine rings is 1. The van der Waals surface area contributed by atoms with E-state index < -0.39 is 10.0 Å². The molecule has 0 bridgehead atoms. The second-order valence-corrected chi connectivity index (χ2v) is 10.0. The number of rotatable bonds is 5. The van der Waals surface area contributed by atoms with Gasteiger partial charge in [-0.05, 0) is 63.1 Å². The predicted octanol–water partition coefficient (Wildman–Crippen LogP) is 3.87. The SMILES string of the molecule is Cc1ccc(C(=O)N[C@H](C)C2CCCCC2)cc1S(=O)(=O)N1CCCCC1. The molecule has 0 aromatic heterocycles. The minimum Gasteiger partial charge on any atom is -0.349 e. The Labute approximate surface area is 163 Å². The standard InChI is InChI=1S/C21H32N2O3S/c1-16-11-12-19(21(24)22-17(2)18-9-5-3-6-10-18)15-20(16)27(25,26)23-13-7-4-8-14-23/h11-12,15,17-18H,3-10,13-14H2,1-2H3,(H,22,24)/t17-/m1/s1. The van der Waals surface area contributed by atoms with E-state index in [0.717, 1.165) is 32.1 Å². The molecule has 2 aliphatic rings. The fraction of sp³-hybridized carbons (Fsp3) is 0.667. The maximum absolute atomic E-state index is 13.0. The number of amides is 1. The molecule has 1 saturated heterocycles. The molecule has 5 nitrogen and oxygen atoms in total. The monoisotopic (exact) mass is 392 g/mol. The number of hydrogen-bond donors (Lipinski definition) is 1. The maximum atomic E-state index is 13.0. The van der Waals surface area contributed by atoms with Gasteiger partial charge in [-0.25, -0.2) is 8.42 Å². The molecule has 1 aromatic carbocycles. The number of benzene rings is 1. The van der Waals surface area contributed by atoms with Crippen molar-refractivity contribution in [1.29, 1.82) is 0 Å². The van der Waals surface area contributed by atoms with Gasteiger partial charge >= 0.3 is 0 Å². The van der Waals surface area contributed by atoms with Gasteiger partial charge in [0.25, 0.3) is 5.91 Å². The summed E-state index contributed by atoms with van der Waals surface area (Å²) in [6.45, 7) is 4.99. The van der Waals surface area contributed by atoms with E-state index in [9.17, 15) is 13.2 Å². The summed E-state index contributed by atoms with van der Waals surface area (Å²) in [7, 11) is -3.54. The normalized spacial score (nSPS) is 21.0. The van der Waals surface area contributed by atoms with Crippen molar-refractivity contribution in [1.82, 2.24) is 9.62 Å². The van der Waals surface area contributed by atoms with Crippen molar-refractivity contribution in [3.05, 3.63) is 29.3 Å². The number of nitrogens with zero attached hydrogens (tertiary/aromatic N) is 1. The summed E-state index contributed by atoms with van der Waals surface area (Å²) in [5.41, 5.74) is 1.12. The molecular weight excluding hydrogens is 360 g/mol. The lowest BCUT2D eigenvalue weighted by atomic mass is 9.84. The average Bonchev–Trinajstić information content (AvgIpc) is 2.69. The summed E-state index contributed by atoms with van der Waals surface area (Å²) in [4.78, 5) is 13.0. The molecule has 1 saturated carbocycles. The molecule has 1 aliphatic heterocycles. The van der Waals surface area contributed by atoms with Crippen LogP contribution >= 0.6 is 0 Å². The third kappa shape index (κ3) is 4.72. The summed E-state index contributed by atoms with van der Waals surface area (Å²) in [5, 5.41) is 3.10. The van der Waals surface area contributed by atoms with Gasteiger partial charge in [0, 0.05) is 24.7 Å². The van der Waals surface area contributed by atoms with Crippen LogP contribution in [0.1, 0.15) is 74.2 Å². The Kier molecular flexibility index (Phi) is 6.58. The molecular formula is C21H32N2O3S. The summed E-state index contributed by atoms with van der Waals surface area (Å²) < 4.78 is 27.7. The Hall–Kier alpha value is -1.40. The van der Waals surface area contributed by atoms with Gasteiger partial charge in [0.2, 0.25) is 10.0 Å². The smallest absolute Gasteiger partial charge is 0.251 e. The van der Waals surface area contributed by atoms with Gasteiger partial charge in [0.1, 0.15) is 0 Å². The van der Waals surface area contributed by atoms with Crippen LogP contribution in [0.25, 0.3) is 0 Å². The first-order valence-corrected chi connectivity index (χ1v) is 11.8. The number of nitrogens with one attached hydrogen (secondary N) is 1.